The molecule has 0 saturated heterocycles. The highest BCUT2D eigenvalue weighted by Gasteiger charge is 2.15. The van der Waals surface area contributed by atoms with Crippen molar-refractivity contribution < 1.29 is 13.9 Å². The Kier molecular flexibility index (Phi) is 6.31. The average molecular weight is 445 g/mol. The lowest BCUT2D eigenvalue weighted by atomic mass is 10.1. The fraction of sp³-hybridized carbons (Fsp3) is 0.269. The van der Waals surface area contributed by atoms with Crippen LogP contribution in [0.1, 0.15) is 45.7 Å². The normalized spacial score (nSPS) is 10.9. The van der Waals surface area contributed by atoms with Gasteiger partial charge in [-0.2, -0.15) is 5.10 Å². The van der Waals surface area contributed by atoms with Gasteiger partial charge in [-0.15, -0.1) is 0 Å². The maximum Gasteiger partial charge on any atom is 0.255 e. The standard InChI is InChI=1S/C26H28N4O3/c1-6-32-23-13-9-20(10-14-23)25(31)27-22-11-7-21(8-12-22)26-28-24(19(5)33-26)15-30-18(4)16(2)17(3)29-30/h7-14H,6,15H2,1-5H3,(H,27,31). The molecule has 1 N–H and O–H groups in total. The fourth-order valence-electron chi connectivity index (χ4n) is 3.55. The summed E-state index contributed by atoms with van der Waals surface area (Å²) in [5.74, 6) is 1.88. The van der Waals surface area contributed by atoms with E-state index in [-0.39, 0.29) is 5.91 Å². The van der Waals surface area contributed by atoms with Gasteiger partial charge in [0.2, 0.25) is 5.89 Å². The quantitative estimate of drug-likeness (QED) is 0.409. The third kappa shape index (κ3) is 4.82. The van der Waals surface area contributed by atoms with Gasteiger partial charge in [0, 0.05) is 22.5 Å². The molecular formula is C26H28N4O3. The number of rotatable bonds is 7. The van der Waals surface area contributed by atoms with Crippen molar-refractivity contribution in [2.24, 2.45) is 0 Å². The minimum absolute atomic E-state index is 0.180. The first-order valence-electron chi connectivity index (χ1n) is 11.0. The molecule has 2 aromatic carbocycles. The number of ether oxygens (including phenoxy) is 1. The smallest absolute Gasteiger partial charge is 0.255 e. The van der Waals surface area contributed by atoms with E-state index in [2.05, 4.69) is 24.3 Å². The third-order valence-electron chi connectivity index (χ3n) is 5.75. The first-order valence-corrected chi connectivity index (χ1v) is 11.0. The molecule has 2 heterocycles. The number of anilines is 1. The lowest BCUT2D eigenvalue weighted by Crippen LogP contribution is -2.11. The molecular weight excluding hydrogens is 416 g/mol. The van der Waals surface area contributed by atoms with Gasteiger partial charge in [0.25, 0.3) is 5.91 Å². The van der Waals surface area contributed by atoms with Crippen LogP contribution in [0.15, 0.2) is 52.9 Å². The van der Waals surface area contributed by atoms with Crippen molar-refractivity contribution in [3.63, 3.8) is 0 Å². The van der Waals surface area contributed by atoms with Gasteiger partial charge in [-0.1, -0.05) is 0 Å². The van der Waals surface area contributed by atoms with Crippen molar-refractivity contribution in [3.05, 3.63) is 82.5 Å². The summed E-state index contributed by atoms with van der Waals surface area (Å²) in [7, 11) is 0. The van der Waals surface area contributed by atoms with E-state index in [1.165, 1.54) is 5.56 Å². The van der Waals surface area contributed by atoms with E-state index in [0.717, 1.165) is 34.2 Å². The van der Waals surface area contributed by atoms with Crippen LogP contribution < -0.4 is 10.1 Å². The van der Waals surface area contributed by atoms with Gasteiger partial charge in [0.05, 0.1) is 18.8 Å². The summed E-state index contributed by atoms with van der Waals surface area (Å²) in [4.78, 5) is 17.2. The lowest BCUT2D eigenvalue weighted by molar-refractivity contribution is 0.102. The number of nitrogens with one attached hydrogen (secondary N) is 1. The Morgan fingerprint density at radius 1 is 1.03 bits per heavy atom. The van der Waals surface area contributed by atoms with E-state index in [1.54, 1.807) is 24.3 Å². The molecule has 7 nitrogen and oxygen atoms in total. The molecule has 4 rings (SSSR count). The zero-order valence-corrected chi connectivity index (χ0v) is 19.6. The van der Waals surface area contributed by atoms with Crippen molar-refractivity contribution in [1.82, 2.24) is 14.8 Å². The van der Waals surface area contributed by atoms with Gasteiger partial charge in [0.1, 0.15) is 17.2 Å². The highest BCUT2D eigenvalue weighted by molar-refractivity contribution is 6.04. The second-order valence-electron chi connectivity index (χ2n) is 7.96. The number of nitrogens with zero attached hydrogens (tertiary/aromatic N) is 3. The van der Waals surface area contributed by atoms with Crippen molar-refractivity contribution in [2.45, 2.75) is 41.2 Å². The fourth-order valence-corrected chi connectivity index (χ4v) is 3.55. The minimum atomic E-state index is -0.180. The molecule has 0 aliphatic rings. The molecule has 33 heavy (non-hydrogen) atoms. The molecule has 7 heteroatoms. The van der Waals surface area contributed by atoms with Crippen LogP contribution in [0.2, 0.25) is 0 Å². The third-order valence-corrected chi connectivity index (χ3v) is 5.75. The number of carbonyl (C=O) groups is 1. The summed E-state index contributed by atoms with van der Waals surface area (Å²) in [5.41, 5.74) is 6.30. The van der Waals surface area contributed by atoms with Gasteiger partial charge < -0.3 is 14.5 Å². The van der Waals surface area contributed by atoms with Crippen LogP contribution >= 0.6 is 0 Å². The summed E-state index contributed by atoms with van der Waals surface area (Å²) in [6, 6.07) is 14.5. The predicted octanol–water partition coefficient (Wildman–Crippen LogP) is 5.47. The van der Waals surface area contributed by atoms with Crippen LogP contribution in [-0.2, 0) is 6.54 Å². The number of hydrogen-bond acceptors (Lipinski definition) is 5. The lowest BCUT2D eigenvalue weighted by Gasteiger charge is -2.07. The molecule has 0 radical (unpaired) electrons. The number of carbonyl (C=O) groups excluding carboxylic acids is 1. The second-order valence-corrected chi connectivity index (χ2v) is 7.96. The Labute approximate surface area is 193 Å². The average Bonchev–Trinajstić information content (AvgIpc) is 3.29. The molecule has 0 unspecified atom stereocenters. The second kappa shape index (κ2) is 9.32. The molecule has 0 aliphatic heterocycles. The first kappa shape index (κ1) is 22.3. The Balaban J connectivity index is 1.45. The van der Waals surface area contributed by atoms with Gasteiger partial charge in [-0.25, -0.2) is 4.98 Å². The number of hydrogen-bond donors (Lipinski definition) is 1. The Morgan fingerprint density at radius 2 is 1.73 bits per heavy atom. The molecule has 0 saturated carbocycles. The van der Waals surface area contributed by atoms with Crippen molar-refractivity contribution in [1.29, 1.82) is 0 Å². The highest BCUT2D eigenvalue weighted by atomic mass is 16.5. The molecule has 0 aliphatic carbocycles. The van der Waals surface area contributed by atoms with Crippen LogP contribution in [0.25, 0.3) is 11.5 Å². The molecule has 170 valence electrons. The summed E-state index contributed by atoms with van der Waals surface area (Å²) in [6.45, 7) is 11.1. The summed E-state index contributed by atoms with van der Waals surface area (Å²) in [6.07, 6.45) is 0. The van der Waals surface area contributed by atoms with Gasteiger partial charge in [-0.05, 0) is 88.7 Å². The number of amides is 1. The van der Waals surface area contributed by atoms with Crippen LogP contribution in [-0.4, -0.2) is 27.3 Å². The molecule has 1 amide bonds. The van der Waals surface area contributed by atoms with Crippen molar-refractivity contribution >= 4 is 11.6 Å². The van der Waals surface area contributed by atoms with Gasteiger partial charge in [0.15, 0.2) is 0 Å². The van der Waals surface area contributed by atoms with E-state index in [1.807, 2.05) is 49.7 Å². The van der Waals surface area contributed by atoms with Crippen LogP contribution in [0.3, 0.4) is 0 Å². The Hall–Kier alpha value is -3.87. The summed E-state index contributed by atoms with van der Waals surface area (Å²) >= 11 is 0. The molecule has 0 atom stereocenters. The Morgan fingerprint density at radius 3 is 2.33 bits per heavy atom. The van der Waals surface area contributed by atoms with Crippen LogP contribution in [0, 0.1) is 27.7 Å². The Bertz CT molecular complexity index is 1270. The maximum atomic E-state index is 12.5. The first-order chi connectivity index (χ1) is 15.9. The number of benzene rings is 2. The van der Waals surface area contributed by atoms with Gasteiger partial charge in [-0.3, -0.25) is 9.48 Å². The largest absolute Gasteiger partial charge is 0.494 e. The topological polar surface area (TPSA) is 82.2 Å². The maximum absolute atomic E-state index is 12.5. The number of aromatic nitrogens is 3. The monoisotopic (exact) mass is 444 g/mol. The van der Waals surface area contributed by atoms with Crippen molar-refractivity contribution in [3.8, 4) is 17.2 Å². The zero-order valence-electron chi connectivity index (χ0n) is 19.6. The minimum Gasteiger partial charge on any atom is -0.494 e. The molecule has 0 spiro atoms. The molecule has 4 aromatic rings. The zero-order chi connectivity index (χ0) is 23.5. The highest BCUT2D eigenvalue weighted by Crippen LogP contribution is 2.25. The van der Waals surface area contributed by atoms with Gasteiger partial charge >= 0.3 is 0 Å². The van der Waals surface area contributed by atoms with E-state index < -0.39 is 0 Å². The predicted molar refractivity (Wildman–Crippen MR) is 128 cm³/mol. The molecule has 0 bridgehead atoms. The van der Waals surface area contributed by atoms with E-state index in [9.17, 15) is 4.79 Å². The summed E-state index contributed by atoms with van der Waals surface area (Å²) < 4.78 is 13.3. The van der Waals surface area contributed by atoms with Crippen LogP contribution in [0.4, 0.5) is 5.69 Å². The van der Waals surface area contributed by atoms with Crippen LogP contribution in [0.5, 0.6) is 5.75 Å². The number of oxazole rings is 1. The van der Waals surface area contributed by atoms with E-state index in [4.69, 9.17) is 14.1 Å². The van der Waals surface area contributed by atoms with Crippen molar-refractivity contribution in [2.75, 3.05) is 11.9 Å². The number of aryl methyl sites for hydroxylation is 2. The summed E-state index contributed by atoms with van der Waals surface area (Å²) in [5, 5.41) is 7.50. The SMILES string of the molecule is CCOc1ccc(C(=O)Nc2ccc(-c3nc(Cn4nc(C)c(C)c4C)c(C)o3)cc2)cc1. The van der Waals surface area contributed by atoms with E-state index in [0.29, 0.717) is 30.3 Å². The molecule has 2 aromatic heterocycles. The van der Waals surface area contributed by atoms with E-state index >= 15 is 0 Å². The molecule has 0 fully saturated rings.